The lowest BCUT2D eigenvalue weighted by Crippen LogP contribution is -2.37. The lowest BCUT2D eigenvalue weighted by atomic mass is 10.0. The predicted molar refractivity (Wildman–Crippen MR) is 88.3 cm³/mol. The first-order chi connectivity index (χ1) is 10.7. The second-order valence-electron chi connectivity index (χ2n) is 6.00. The Morgan fingerprint density at radius 3 is 2.27 bits per heavy atom. The summed E-state index contributed by atoms with van der Waals surface area (Å²) in [5.74, 6) is -0.254. The standard InChI is InChI=1S/C18H26N2O2/c1-14(21)16-10-6-7-11-17(16)18(22)20-13-12-19-15-8-4-2-3-5-9-15/h6-7,10-11,15,19H,2-5,8-9,12-13H2,1H3,(H,20,22). The Bertz CT molecular complexity index is 506. The van der Waals surface area contributed by atoms with E-state index in [2.05, 4.69) is 10.6 Å². The van der Waals surface area contributed by atoms with Crippen molar-refractivity contribution < 1.29 is 9.59 Å². The molecule has 1 aromatic carbocycles. The fraction of sp³-hybridized carbons (Fsp3) is 0.556. The average molecular weight is 302 g/mol. The monoisotopic (exact) mass is 302 g/mol. The number of carbonyl (C=O) groups excluding carboxylic acids is 2. The minimum Gasteiger partial charge on any atom is -0.351 e. The molecule has 2 rings (SSSR count). The first-order valence-corrected chi connectivity index (χ1v) is 8.30. The molecule has 22 heavy (non-hydrogen) atoms. The van der Waals surface area contributed by atoms with Crippen LogP contribution in [0, 0.1) is 0 Å². The van der Waals surface area contributed by atoms with Crippen LogP contribution in [-0.2, 0) is 0 Å². The molecule has 1 aliphatic carbocycles. The maximum absolute atomic E-state index is 12.2. The van der Waals surface area contributed by atoms with Crippen LogP contribution in [0.2, 0.25) is 0 Å². The molecule has 0 saturated heterocycles. The Kier molecular flexibility index (Phi) is 6.59. The molecule has 0 radical (unpaired) electrons. The SMILES string of the molecule is CC(=O)c1ccccc1C(=O)NCCNC1CCCCCC1. The molecule has 1 aromatic rings. The van der Waals surface area contributed by atoms with Gasteiger partial charge in [-0.05, 0) is 25.8 Å². The summed E-state index contributed by atoms with van der Waals surface area (Å²) in [6.45, 7) is 2.85. The van der Waals surface area contributed by atoms with Gasteiger partial charge in [-0.15, -0.1) is 0 Å². The molecule has 4 nitrogen and oxygen atoms in total. The van der Waals surface area contributed by atoms with E-state index < -0.39 is 0 Å². The van der Waals surface area contributed by atoms with Crippen LogP contribution in [0.1, 0.15) is 66.2 Å². The van der Waals surface area contributed by atoms with Gasteiger partial charge in [0.15, 0.2) is 5.78 Å². The van der Waals surface area contributed by atoms with Gasteiger partial charge in [0.25, 0.3) is 5.91 Å². The highest BCUT2D eigenvalue weighted by atomic mass is 16.2. The maximum atomic E-state index is 12.2. The molecule has 120 valence electrons. The number of benzene rings is 1. The topological polar surface area (TPSA) is 58.2 Å². The van der Waals surface area contributed by atoms with Gasteiger partial charge in [-0.1, -0.05) is 43.9 Å². The van der Waals surface area contributed by atoms with Gasteiger partial charge >= 0.3 is 0 Å². The van der Waals surface area contributed by atoms with Gasteiger partial charge in [-0.2, -0.15) is 0 Å². The number of rotatable bonds is 6. The van der Waals surface area contributed by atoms with Crippen molar-refractivity contribution >= 4 is 11.7 Å². The zero-order valence-electron chi connectivity index (χ0n) is 13.4. The number of nitrogens with one attached hydrogen (secondary N) is 2. The lowest BCUT2D eigenvalue weighted by molar-refractivity contribution is 0.0938. The van der Waals surface area contributed by atoms with E-state index in [9.17, 15) is 9.59 Å². The smallest absolute Gasteiger partial charge is 0.252 e. The highest BCUT2D eigenvalue weighted by molar-refractivity contribution is 6.07. The van der Waals surface area contributed by atoms with Gasteiger partial charge in [0, 0.05) is 24.7 Å². The summed E-state index contributed by atoms with van der Waals surface area (Å²) in [5.41, 5.74) is 0.946. The summed E-state index contributed by atoms with van der Waals surface area (Å²) < 4.78 is 0. The zero-order valence-corrected chi connectivity index (χ0v) is 13.4. The Morgan fingerprint density at radius 1 is 1.00 bits per heavy atom. The average Bonchev–Trinajstić information content (AvgIpc) is 2.80. The largest absolute Gasteiger partial charge is 0.351 e. The molecule has 0 atom stereocenters. The van der Waals surface area contributed by atoms with Crippen molar-refractivity contribution in [2.24, 2.45) is 0 Å². The molecule has 0 aliphatic heterocycles. The van der Waals surface area contributed by atoms with Crippen LogP contribution in [-0.4, -0.2) is 30.8 Å². The Hall–Kier alpha value is -1.68. The van der Waals surface area contributed by atoms with Crippen molar-refractivity contribution in [2.75, 3.05) is 13.1 Å². The molecule has 0 spiro atoms. The minimum atomic E-state index is -0.173. The van der Waals surface area contributed by atoms with Crippen LogP contribution in [0.5, 0.6) is 0 Å². The van der Waals surface area contributed by atoms with Gasteiger partial charge in [-0.25, -0.2) is 0 Å². The highest BCUT2D eigenvalue weighted by Crippen LogP contribution is 2.16. The summed E-state index contributed by atoms with van der Waals surface area (Å²) in [7, 11) is 0. The molecule has 2 N–H and O–H groups in total. The molecule has 1 fully saturated rings. The molecule has 1 aliphatic rings. The van der Waals surface area contributed by atoms with Crippen LogP contribution >= 0.6 is 0 Å². The molecular weight excluding hydrogens is 276 g/mol. The Labute approximate surface area is 132 Å². The fourth-order valence-corrected chi connectivity index (χ4v) is 3.02. The third kappa shape index (κ3) is 4.95. The summed E-state index contributed by atoms with van der Waals surface area (Å²) in [5, 5.41) is 6.42. The van der Waals surface area contributed by atoms with Gasteiger partial charge in [0.05, 0.1) is 5.56 Å². The van der Waals surface area contributed by atoms with Gasteiger partial charge in [0.2, 0.25) is 0 Å². The molecular formula is C18H26N2O2. The molecule has 0 bridgehead atoms. The highest BCUT2D eigenvalue weighted by Gasteiger charge is 2.14. The molecule has 4 heteroatoms. The quantitative estimate of drug-likeness (QED) is 0.482. The first kappa shape index (κ1) is 16.7. The summed E-state index contributed by atoms with van der Waals surface area (Å²) in [4.78, 5) is 23.7. The number of amides is 1. The predicted octanol–water partition coefficient (Wildman–Crippen LogP) is 2.93. The summed E-state index contributed by atoms with van der Waals surface area (Å²) in [6.07, 6.45) is 7.77. The maximum Gasteiger partial charge on any atom is 0.252 e. The van der Waals surface area contributed by atoms with Crippen molar-refractivity contribution in [1.82, 2.24) is 10.6 Å². The van der Waals surface area contributed by atoms with Crippen LogP contribution in [0.3, 0.4) is 0 Å². The van der Waals surface area contributed by atoms with E-state index in [1.54, 1.807) is 24.3 Å². The van der Waals surface area contributed by atoms with Gasteiger partial charge < -0.3 is 10.6 Å². The third-order valence-corrected chi connectivity index (χ3v) is 4.25. The molecule has 1 saturated carbocycles. The normalized spacial score (nSPS) is 16.0. The Morgan fingerprint density at radius 2 is 1.64 bits per heavy atom. The van der Waals surface area contributed by atoms with Crippen LogP contribution in [0.15, 0.2) is 24.3 Å². The number of hydrogen-bond acceptors (Lipinski definition) is 3. The van der Waals surface area contributed by atoms with E-state index in [0.717, 1.165) is 6.54 Å². The number of ketones is 1. The van der Waals surface area contributed by atoms with E-state index in [4.69, 9.17) is 0 Å². The van der Waals surface area contributed by atoms with E-state index in [1.807, 2.05) is 0 Å². The van der Waals surface area contributed by atoms with Crippen molar-refractivity contribution in [3.63, 3.8) is 0 Å². The summed E-state index contributed by atoms with van der Waals surface area (Å²) in [6, 6.07) is 7.54. The van der Waals surface area contributed by atoms with Crippen molar-refractivity contribution in [1.29, 1.82) is 0 Å². The van der Waals surface area contributed by atoms with Crippen LogP contribution in [0.25, 0.3) is 0 Å². The van der Waals surface area contributed by atoms with E-state index >= 15 is 0 Å². The first-order valence-electron chi connectivity index (χ1n) is 8.30. The van der Waals surface area contributed by atoms with Crippen molar-refractivity contribution in [2.45, 2.75) is 51.5 Å². The van der Waals surface area contributed by atoms with Gasteiger partial charge in [-0.3, -0.25) is 9.59 Å². The van der Waals surface area contributed by atoms with E-state index in [1.165, 1.54) is 45.4 Å². The second kappa shape index (κ2) is 8.69. The number of carbonyl (C=O) groups is 2. The van der Waals surface area contributed by atoms with Crippen LogP contribution in [0.4, 0.5) is 0 Å². The summed E-state index contributed by atoms with van der Waals surface area (Å²) >= 11 is 0. The van der Waals surface area contributed by atoms with Crippen molar-refractivity contribution in [3.05, 3.63) is 35.4 Å². The molecule has 0 heterocycles. The third-order valence-electron chi connectivity index (χ3n) is 4.25. The lowest BCUT2D eigenvalue weighted by Gasteiger charge is -2.16. The Balaban J connectivity index is 1.77. The second-order valence-corrected chi connectivity index (χ2v) is 6.00. The van der Waals surface area contributed by atoms with Crippen molar-refractivity contribution in [3.8, 4) is 0 Å². The number of Topliss-reactive ketones (excluding diaryl/α,β-unsaturated/α-hetero) is 1. The minimum absolute atomic E-state index is 0.0812. The zero-order chi connectivity index (χ0) is 15.8. The fourth-order valence-electron chi connectivity index (χ4n) is 3.02. The van der Waals surface area contributed by atoms with Crippen LogP contribution < -0.4 is 10.6 Å². The number of hydrogen-bond donors (Lipinski definition) is 2. The molecule has 0 aromatic heterocycles. The van der Waals surface area contributed by atoms with E-state index in [-0.39, 0.29) is 11.7 Å². The molecule has 0 unspecified atom stereocenters. The van der Waals surface area contributed by atoms with E-state index in [0.29, 0.717) is 23.7 Å². The van der Waals surface area contributed by atoms with Gasteiger partial charge in [0.1, 0.15) is 0 Å². The molecule has 1 amide bonds.